The molecule has 128 valence electrons. The van der Waals surface area contributed by atoms with E-state index in [0.29, 0.717) is 5.56 Å². The Morgan fingerprint density at radius 2 is 2.30 bits per heavy atom. The lowest BCUT2D eigenvalue weighted by molar-refractivity contribution is -0.185. The van der Waals surface area contributed by atoms with Crippen LogP contribution in [0.5, 0.6) is 0 Å². The van der Waals surface area contributed by atoms with Crippen LogP contribution < -0.4 is 5.56 Å². The smallest absolute Gasteiger partial charge is 0.387 e. The van der Waals surface area contributed by atoms with Crippen molar-refractivity contribution in [2.75, 3.05) is 13.2 Å². The predicted octanol–water partition coefficient (Wildman–Crippen LogP) is -0.649. The Balaban J connectivity index is 1.91. The van der Waals surface area contributed by atoms with E-state index in [4.69, 9.17) is 31.5 Å². The number of aliphatic hydroxyl groups excluding tert-OH is 1. The van der Waals surface area contributed by atoms with Crippen molar-refractivity contribution in [1.29, 1.82) is 0 Å². The highest BCUT2D eigenvalue weighted by Crippen LogP contribution is 2.47. The van der Waals surface area contributed by atoms with Crippen LogP contribution in [0.3, 0.4) is 0 Å². The number of phosphoric acid groups is 1. The fourth-order valence-corrected chi connectivity index (χ4v) is 3.34. The zero-order valence-electron chi connectivity index (χ0n) is 11.9. The third-order valence-electron chi connectivity index (χ3n) is 3.90. The van der Waals surface area contributed by atoms with Crippen molar-refractivity contribution < 1.29 is 33.5 Å². The second-order valence-corrected chi connectivity index (χ2v) is 7.16. The van der Waals surface area contributed by atoms with Crippen LogP contribution in [0.25, 0.3) is 0 Å². The first-order valence-electron chi connectivity index (χ1n) is 6.63. The molecule has 2 aliphatic rings. The van der Waals surface area contributed by atoms with Crippen molar-refractivity contribution in [3.63, 3.8) is 0 Å². The summed E-state index contributed by atoms with van der Waals surface area (Å²) in [6, 6.07) is 0. The van der Waals surface area contributed by atoms with Crippen LogP contribution in [0.15, 0.2) is 11.0 Å². The van der Waals surface area contributed by atoms with Crippen LogP contribution in [0.1, 0.15) is 11.8 Å². The maximum Gasteiger partial charge on any atom is 0.469 e. The molecular formula is C11H15N2O8PS. The fraction of sp³-hybridized carbons (Fsp3) is 0.636. The second kappa shape index (κ2) is 5.57. The van der Waals surface area contributed by atoms with Gasteiger partial charge in [-0.1, -0.05) is 0 Å². The minimum Gasteiger partial charge on any atom is -0.387 e. The molecule has 4 atom stereocenters. The van der Waals surface area contributed by atoms with Crippen molar-refractivity contribution in [3.8, 4) is 0 Å². The molecule has 2 bridgehead atoms. The van der Waals surface area contributed by atoms with Gasteiger partial charge in [-0.2, -0.15) is 0 Å². The first-order valence-corrected chi connectivity index (χ1v) is 8.56. The molecule has 2 saturated heterocycles. The molecule has 2 aliphatic heterocycles. The molecule has 12 heteroatoms. The Bertz CT molecular complexity index is 787. The summed E-state index contributed by atoms with van der Waals surface area (Å²) in [5, 5.41) is 10.3. The van der Waals surface area contributed by atoms with E-state index in [-0.39, 0.29) is 16.9 Å². The van der Waals surface area contributed by atoms with Crippen molar-refractivity contribution in [2.24, 2.45) is 0 Å². The summed E-state index contributed by atoms with van der Waals surface area (Å²) in [4.78, 5) is 31.7. The summed E-state index contributed by atoms with van der Waals surface area (Å²) in [5.41, 5.74) is -1.36. The minimum atomic E-state index is -4.72. The van der Waals surface area contributed by atoms with E-state index >= 15 is 0 Å². The van der Waals surface area contributed by atoms with Gasteiger partial charge in [-0.3, -0.25) is 18.9 Å². The summed E-state index contributed by atoms with van der Waals surface area (Å²) < 4.78 is 28.1. The topological polar surface area (TPSA) is 143 Å². The molecule has 0 radical (unpaired) electrons. The molecule has 3 rings (SSSR count). The van der Waals surface area contributed by atoms with Gasteiger partial charge in [-0.25, -0.2) is 4.57 Å². The van der Waals surface area contributed by atoms with E-state index in [2.05, 4.69) is 9.51 Å². The molecule has 0 aliphatic carbocycles. The Hall–Kier alpha value is -0.910. The third-order valence-corrected chi connectivity index (χ3v) is 4.68. The molecule has 1 aromatic rings. The number of hydrogen-bond donors (Lipinski definition) is 4. The maximum absolute atomic E-state index is 11.5. The van der Waals surface area contributed by atoms with Gasteiger partial charge in [-0.15, -0.1) is 0 Å². The SMILES string of the molecule is Cc1cn([C@@H]2O[C@@]3(COP(=O)(O)O)CO[C@@H]2[C@@H]3O)c(=S)[nH]c1=O. The molecule has 10 nitrogen and oxygen atoms in total. The van der Waals surface area contributed by atoms with Crippen LogP contribution in [0.4, 0.5) is 0 Å². The number of nitrogens with one attached hydrogen (secondary N) is 1. The molecular weight excluding hydrogens is 351 g/mol. The number of fused-ring (bicyclic) bond motifs is 2. The molecule has 0 aromatic carbocycles. The summed E-state index contributed by atoms with van der Waals surface area (Å²) in [7, 11) is -4.72. The van der Waals surface area contributed by atoms with Crippen LogP contribution >= 0.6 is 20.0 Å². The van der Waals surface area contributed by atoms with E-state index in [1.54, 1.807) is 6.92 Å². The quantitative estimate of drug-likeness (QED) is 0.404. The summed E-state index contributed by atoms with van der Waals surface area (Å²) in [5.74, 6) is 0. The van der Waals surface area contributed by atoms with Crippen LogP contribution in [-0.2, 0) is 18.6 Å². The molecule has 0 unspecified atom stereocenters. The summed E-state index contributed by atoms with van der Waals surface area (Å²) in [6.45, 7) is 0.966. The molecule has 1 aromatic heterocycles. The molecule has 0 saturated carbocycles. The van der Waals surface area contributed by atoms with Gasteiger partial charge in [0.1, 0.15) is 17.8 Å². The number of rotatable bonds is 4. The normalized spacial score (nSPS) is 33.3. The molecule has 4 N–H and O–H groups in total. The largest absolute Gasteiger partial charge is 0.469 e. The number of nitrogens with zero attached hydrogens (tertiary/aromatic N) is 1. The number of phosphoric ester groups is 1. The van der Waals surface area contributed by atoms with Crippen molar-refractivity contribution in [1.82, 2.24) is 9.55 Å². The number of aromatic amines is 1. The second-order valence-electron chi connectivity index (χ2n) is 5.54. The first kappa shape index (κ1) is 16.9. The van der Waals surface area contributed by atoms with E-state index in [1.807, 2.05) is 0 Å². The van der Waals surface area contributed by atoms with Crippen LogP contribution in [-0.4, -0.2) is 55.5 Å². The Morgan fingerprint density at radius 3 is 2.96 bits per heavy atom. The number of aryl methyl sites for hydroxylation is 1. The van der Waals surface area contributed by atoms with E-state index < -0.39 is 38.5 Å². The lowest BCUT2D eigenvalue weighted by Crippen LogP contribution is -2.44. The lowest BCUT2D eigenvalue weighted by Gasteiger charge is -2.31. The van der Waals surface area contributed by atoms with E-state index in [9.17, 15) is 14.5 Å². The van der Waals surface area contributed by atoms with Gasteiger partial charge in [0.2, 0.25) is 0 Å². The van der Waals surface area contributed by atoms with Gasteiger partial charge in [0.05, 0.1) is 13.2 Å². The monoisotopic (exact) mass is 366 g/mol. The average molecular weight is 366 g/mol. The van der Waals surface area contributed by atoms with Crippen molar-refractivity contribution in [3.05, 3.63) is 26.9 Å². The van der Waals surface area contributed by atoms with Crippen LogP contribution in [0.2, 0.25) is 0 Å². The first-order chi connectivity index (χ1) is 10.6. The predicted molar refractivity (Wildman–Crippen MR) is 77.2 cm³/mol. The van der Waals surface area contributed by atoms with Gasteiger partial charge in [0, 0.05) is 11.8 Å². The molecule has 0 spiro atoms. The number of aliphatic hydroxyl groups is 1. The maximum atomic E-state index is 11.5. The lowest BCUT2D eigenvalue weighted by atomic mass is 10.0. The van der Waals surface area contributed by atoms with Gasteiger partial charge in [0.15, 0.2) is 11.0 Å². The van der Waals surface area contributed by atoms with E-state index in [0.717, 1.165) is 0 Å². The van der Waals surface area contributed by atoms with Crippen molar-refractivity contribution in [2.45, 2.75) is 31.0 Å². The molecule has 2 fully saturated rings. The molecule has 3 heterocycles. The average Bonchev–Trinajstić information content (AvgIpc) is 2.91. The number of ether oxygens (including phenoxy) is 2. The zero-order chi connectivity index (χ0) is 17.0. The van der Waals surface area contributed by atoms with E-state index in [1.165, 1.54) is 10.8 Å². The highest BCUT2D eigenvalue weighted by Gasteiger charge is 2.62. The van der Waals surface area contributed by atoms with Crippen LogP contribution in [0, 0.1) is 11.7 Å². The Labute approximate surface area is 134 Å². The third kappa shape index (κ3) is 2.94. The van der Waals surface area contributed by atoms with Gasteiger partial charge >= 0.3 is 7.82 Å². The summed E-state index contributed by atoms with van der Waals surface area (Å²) >= 11 is 5.08. The minimum absolute atomic E-state index is 0.0784. The summed E-state index contributed by atoms with van der Waals surface area (Å²) in [6.07, 6.45) is -1.33. The zero-order valence-corrected chi connectivity index (χ0v) is 13.6. The van der Waals surface area contributed by atoms with Crippen molar-refractivity contribution >= 4 is 20.0 Å². The standard InChI is InChI=1S/C11H15N2O8PS/c1-5-2-13(10(23)12-8(5)15)9-6-7(14)11(21-9,3-19-6)4-20-22(16,17)18/h2,6-7,9,14H,3-4H2,1H3,(H,12,15,23)(H2,16,17,18)/t6-,7+,9-,11-/m1/s1. The Kier molecular flexibility index (Phi) is 4.10. The van der Waals surface area contributed by atoms with Gasteiger partial charge in [0.25, 0.3) is 5.56 Å². The van der Waals surface area contributed by atoms with Gasteiger partial charge < -0.3 is 24.4 Å². The Morgan fingerprint density at radius 1 is 1.61 bits per heavy atom. The molecule has 0 amide bonds. The number of hydrogen-bond acceptors (Lipinski definition) is 7. The highest BCUT2D eigenvalue weighted by atomic mass is 32.1. The van der Waals surface area contributed by atoms with Gasteiger partial charge in [-0.05, 0) is 19.1 Å². The number of aromatic nitrogens is 2. The fourth-order valence-electron chi connectivity index (χ4n) is 2.71. The highest BCUT2D eigenvalue weighted by molar-refractivity contribution is 7.71. The number of H-pyrrole nitrogens is 1. The molecule has 23 heavy (non-hydrogen) atoms.